The zero-order valence-corrected chi connectivity index (χ0v) is 17.1. The molecule has 6 nitrogen and oxygen atoms in total. The Bertz CT molecular complexity index is 1340. The van der Waals surface area contributed by atoms with Crippen molar-refractivity contribution in [3.05, 3.63) is 78.6 Å². The van der Waals surface area contributed by atoms with E-state index in [4.69, 9.17) is 5.11 Å². The molecule has 0 spiro atoms. The van der Waals surface area contributed by atoms with Crippen LogP contribution in [0.3, 0.4) is 0 Å². The van der Waals surface area contributed by atoms with Crippen molar-refractivity contribution >= 4 is 21.5 Å². The van der Waals surface area contributed by atoms with E-state index in [1.165, 1.54) is 6.26 Å². The first-order valence-corrected chi connectivity index (χ1v) is 11.3. The summed E-state index contributed by atoms with van der Waals surface area (Å²) in [5.41, 5.74) is 5.47. The molecule has 2 aromatic carbocycles. The summed E-state index contributed by atoms with van der Waals surface area (Å²) >= 11 is 0. The van der Waals surface area contributed by atoms with Gasteiger partial charge in [0.05, 0.1) is 16.8 Å². The molecule has 0 aliphatic rings. The third-order valence-electron chi connectivity index (χ3n) is 4.98. The molecule has 0 fully saturated rings. The van der Waals surface area contributed by atoms with Crippen LogP contribution < -0.4 is 0 Å². The molecule has 4 rings (SSSR count). The van der Waals surface area contributed by atoms with Gasteiger partial charge in [0.1, 0.15) is 5.65 Å². The number of aliphatic carboxylic acids is 1. The van der Waals surface area contributed by atoms with Gasteiger partial charge in [-0.25, -0.2) is 13.4 Å². The van der Waals surface area contributed by atoms with E-state index in [1.807, 2.05) is 47.0 Å². The van der Waals surface area contributed by atoms with Crippen molar-refractivity contribution in [1.29, 1.82) is 0 Å². The number of aromatic nitrogens is 2. The van der Waals surface area contributed by atoms with E-state index in [9.17, 15) is 13.2 Å². The summed E-state index contributed by atoms with van der Waals surface area (Å²) in [6.07, 6.45) is 5.49. The molecule has 0 aliphatic carbocycles. The molecule has 1 N–H and O–H groups in total. The van der Waals surface area contributed by atoms with Crippen LogP contribution in [-0.2, 0) is 21.1 Å². The van der Waals surface area contributed by atoms with Gasteiger partial charge in [-0.05, 0) is 53.4 Å². The van der Waals surface area contributed by atoms with Crippen LogP contribution in [0.15, 0.2) is 78.0 Å². The average molecular weight is 420 g/mol. The molecule has 0 saturated heterocycles. The number of sulfone groups is 1. The van der Waals surface area contributed by atoms with Gasteiger partial charge < -0.3 is 5.11 Å². The number of carbonyl (C=O) groups is 1. The number of imidazole rings is 1. The Morgan fingerprint density at radius 3 is 2.47 bits per heavy atom. The zero-order chi connectivity index (χ0) is 21.3. The van der Waals surface area contributed by atoms with Crippen LogP contribution in [0.4, 0.5) is 0 Å². The third-order valence-corrected chi connectivity index (χ3v) is 6.11. The quantitative estimate of drug-likeness (QED) is 0.508. The summed E-state index contributed by atoms with van der Waals surface area (Å²) in [5, 5.41) is 8.90. The first kappa shape index (κ1) is 19.8. The summed E-state index contributed by atoms with van der Waals surface area (Å²) in [7, 11) is -3.23. The van der Waals surface area contributed by atoms with Crippen LogP contribution in [0, 0.1) is 0 Å². The maximum Gasteiger partial charge on any atom is 0.303 e. The van der Waals surface area contributed by atoms with E-state index in [0.29, 0.717) is 11.3 Å². The molecule has 0 atom stereocenters. The van der Waals surface area contributed by atoms with Gasteiger partial charge in [0.15, 0.2) is 9.84 Å². The topological polar surface area (TPSA) is 88.7 Å². The molecule has 152 valence electrons. The van der Waals surface area contributed by atoms with Gasteiger partial charge in [-0.2, -0.15) is 0 Å². The molecule has 0 radical (unpaired) electrons. The molecule has 0 amide bonds. The maximum absolute atomic E-state index is 11.6. The van der Waals surface area contributed by atoms with Gasteiger partial charge in [-0.1, -0.05) is 30.3 Å². The fourth-order valence-electron chi connectivity index (χ4n) is 3.41. The van der Waals surface area contributed by atoms with Gasteiger partial charge >= 0.3 is 5.97 Å². The molecular weight excluding hydrogens is 400 g/mol. The monoisotopic (exact) mass is 420 g/mol. The van der Waals surface area contributed by atoms with Crippen molar-refractivity contribution < 1.29 is 18.3 Å². The summed E-state index contributed by atoms with van der Waals surface area (Å²) in [4.78, 5) is 15.6. The maximum atomic E-state index is 11.6. The molecule has 0 unspecified atom stereocenters. The number of hydrogen-bond acceptors (Lipinski definition) is 4. The van der Waals surface area contributed by atoms with Crippen molar-refractivity contribution in [1.82, 2.24) is 9.38 Å². The molecule has 0 aliphatic heterocycles. The molecular formula is C23H20N2O4S. The van der Waals surface area contributed by atoms with Crippen LogP contribution in [0.25, 0.3) is 28.0 Å². The summed E-state index contributed by atoms with van der Waals surface area (Å²) in [6.45, 7) is 0. The Hall–Kier alpha value is -3.45. The number of rotatable bonds is 6. The van der Waals surface area contributed by atoms with E-state index in [0.717, 1.165) is 33.6 Å². The number of aryl methyl sites for hydroxylation is 1. The van der Waals surface area contributed by atoms with Crippen LogP contribution in [0.2, 0.25) is 0 Å². The van der Waals surface area contributed by atoms with Crippen molar-refractivity contribution in [2.45, 2.75) is 17.7 Å². The molecule has 7 heteroatoms. The van der Waals surface area contributed by atoms with Crippen LogP contribution in [0.1, 0.15) is 12.0 Å². The number of hydrogen-bond donors (Lipinski definition) is 1. The molecule has 4 aromatic rings. The Labute approximate surface area is 174 Å². The lowest BCUT2D eigenvalue weighted by Gasteiger charge is -2.07. The summed E-state index contributed by atoms with van der Waals surface area (Å²) in [5.74, 6) is -0.813. The summed E-state index contributed by atoms with van der Waals surface area (Å²) in [6, 6.07) is 18.5. The predicted octanol–water partition coefficient (Wildman–Crippen LogP) is 4.09. The number of carboxylic acid groups (broad SMARTS) is 1. The molecule has 2 aromatic heterocycles. The van der Waals surface area contributed by atoms with Crippen molar-refractivity contribution in [2.24, 2.45) is 0 Å². The van der Waals surface area contributed by atoms with E-state index in [1.54, 1.807) is 30.5 Å². The Morgan fingerprint density at radius 2 is 1.77 bits per heavy atom. The second-order valence-corrected chi connectivity index (χ2v) is 9.19. The molecule has 0 bridgehead atoms. The molecule has 0 saturated carbocycles. The normalized spacial score (nSPS) is 11.6. The van der Waals surface area contributed by atoms with Crippen LogP contribution in [0.5, 0.6) is 0 Å². The standard InChI is InChI=1S/C23H20N2O4S/c1-30(28,29)20-8-6-17(7-9-20)18-11-12-25-21(15-24-22(25)14-18)19-4-2-3-16(13-19)5-10-23(26)27/h2-4,6-9,11-15H,5,10H2,1H3,(H,26,27). The fraction of sp³-hybridized carbons (Fsp3) is 0.130. The van der Waals surface area contributed by atoms with E-state index in [2.05, 4.69) is 4.98 Å². The lowest BCUT2D eigenvalue weighted by atomic mass is 10.0. The van der Waals surface area contributed by atoms with Gasteiger partial charge in [0, 0.05) is 24.4 Å². The van der Waals surface area contributed by atoms with E-state index in [-0.39, 0.29) is 6.42 Å². The van der Waals surface area contributed by atoms with Crippen molar-refractivity contribution in [3.8, 4) is 22.4 Å². The van der Waals surface area contributed by atoms with Crippen LogP contribution >= 0.6 is 0 Å². The number of nitrogens with zero attached hydrogens (tertiary/aromatic N) is 2. The SMILES string of the molecule is CS(=O)(=O)c1ccc(-c2ccn3c(-c4cccc(CCC(=O)O)c4)cnc3c2)cc1. The molecule has 30 heavy (non-hydrogen) atoms. The minimum atomic E-state index is -3.23. The molecule has 2 heterocycles. The highest BCUT2D eigenvalue weighted by Gasteiger charge is 2.10. The van der Waals surface area contributed by atoms with E-state index < -0.39 is 15.8 Å². The highest BCUT2D eigenvalue weighted by molar-refractivity contribution is 7.90. The van der Waals surface area contributed by atoms with Gasteiger partial charge in [-0.15, -0.1) is 0 Å². The zero-order valence-electron chi connectivity index (χ0n) is 16.3. The Kier molecular flexibility index (Phi) is 5.13. The summed E-state index contributed by atoms with van der Waals surface area (Å²) < 4.78 is 25.3. The van der Waals surface area contributed by atoms with Crippen molar-refractivity contribution in [3.63, 3.8) is 0 Å². The minimum Gasteiger partial charge on any atom is -0.481 e. The lowest BCUT2D eigenvalue weighted by Crippen LogP contribution is -1.97. The highest BCUT2D eigenvalue weighted by Crippen LogP contribution is 2.26. The second kappa shape index (κ2) is 7.76. The van der Waals surface area contributed by atoms with Gasteiger partial charge in [0.2, 0.25) is 0 Å². The van der Waals surface area contributed by atoms with Crippen LogP contribution in [-0.4, -0.2) is 35.1 Å². The number of benzene rings is 2. The smallest absolute Gasteiger partial charge is 0.303 e. The third kappa shape index (κ3) is 4.11. The first-order chi connectivity index (χ1) is 14.3. The average Bonchev–Trinajstić information content (AvgIpc) is 3.15. The lowest BCUT2D eigenvalue weighted by molar-refractivity contribution is -0.136. The first-order valence-electron chi connectivity index (χ1n) is 9.40. The Morgan fingerprint density at radius 1 is 1.00 bits per heavy atom. The number of carboxylic acids is 1. The van der Waals surface area contributed by atoms with Crippen molar-refractivity contribution in [2.75, 3.05) is 6.26 Å². The fourth-order valence-corrected chi connectivity index (χ4v) is 4.04. The van der Waals surface area contributed by atoms with Gasteiger partial charge in [-0.3, -0.25) is 9.20 Å². The predicted molar refractivity (Wildman–Crippen MR) is 115 cm³/mol. The second-order valence-electron chi connectivity index (χ2n) is 7.18. The largest absolute Gasteiger partial charge is 0.481 e. The van der Waals surface area contributed by atoms with E-state index >= 15 is 0 Å². The minimum absolute atomic E-state index is 0.0953. The Balaban J connectivity index is 1.66. The highest BCUT2D eigenvalue weighted by atomic mass is 32.2. The number of pyridine rings is 1. The number of fused-ring (bicyclic) bond motifs is 1. The van der Waals surface area contributed by atoms with Gasteiger partial charge in [0.25, 0.3) is 0 Å².